The molecule has 0 fully saturated rings. The Kier molecular flexibility index (Phi) is 5.23. The van der Waals surface area contributed by atoms with E-state index in [9.17, 15) is 15.3 Å². The van der Waals surface area contributed by atoms with Crippen molar-refractivity contribution in [2.24, 2.45) is 0 Å². The van der Waals surface area contributed by atoms with Crippen molar-refractivity contribution in [1.29, 1.82) is 0 Å². The lowest BCUT2D eigenvalue weighted by Gasteiger charge is -2.24. The summed E-state index contributed by atoms with van der Waals surface area (Å²) in [6, 6.07) is 0. The molecule has 0 aromatic carbocycles. The number of aliphatic hydroxyl groups is 4. The molecule has 7 nitrogen and oxygen atoms in total. The number of anilines is 1. The molecular formula is C10H17N3O4. The zero-order valence-corrected chi connectivity index (χ0v) is 9.43. The molecule has 0 unspecified atom stereocenters. The monoisotopic (exact) mass is 243 g/mol. The van der Waals surface area contributed by atoms with Crippen LogP contribution in [-0.2, 0) is 0 Å². The van der Waals surface area contributed by atoms with Gasteiger partial charge >= 0.3 is 0 Å². The summed E-state index contributed by atoms with van der Waals surface area (Å²) in [4.78, 5) is 7.72. The van der Waals surface area contributed by atoms with Crippen molar-refractivity contribution in [3.63, 3.8) is 0 Å². The van der Waals surface area contributed by atoms with Crippen LogP contribution >= 0.6 is 0 Å². The second-order valence-corrected chi connectivity index (χ2v) is 3.76. The molecule has 1 heterocycles. The van der Waals surface area contributed by atoms with Crippen LogP contribution in [-0.4, -0.2) is 61.4 Å². The Bertz CT molecular complexity index is 323. The highest BCUT2D eigenvalue weighted by Gasteiger charge is 2.27. The van der Waals surface area contributed by atoms with Gasteiger partial charge in [0.05, 0.1) is 18.4 Å². The van der Waals surface area contributed by atoms with Gasteiger partial charge in [0.15, 0.2) is 0 Å². The van der Waals surface area contributed by atoms with Crippen LogP contribution in [0.5, 0.6) is 0 Å². The minimum atomic E-state index is -1.43. The zero-order valence-electron chi connectivity index (χ0n) is 9.43. The molecule has 0 radical (unpaired) electrons. The van der Waals surface area contributed by atoms with Gasteiger partial charge in [0.2, 0.25) is 0 Å². The number of nitrogens with one attached hydrogen (secondary N) is 1. The summed E-state index contributed by atoms with van der Waals surface area (Å²) in [7, 11) is 0. The van der Waals surface area contributed by atoms with Crippen molar-refractivity contribution in [2.75, 3.05) is 11.9 Å². The SMILES string of the molecule is C[C@H](O)[C@H](O)[C@@H](O)[C@@H](O)CNc1cnccn1. The summed E-state index contributed by atoms with van der Waals surface area (Å²) in [5.41, 5.74) is 0. The molecule has 17 heavy (non-hydrogen) atoms. The lowest BCUT2D eigenvalue weighted by molar-refractivity contribution is -0.0959. The number of hydrogen-bond donors (Lipinski definition) is 5. The van der Waals surface area contributed by atoms with Crippen molar-refractivity contribution in [3.05, 3.63) is 18.6 Å². The Hall–Kier alpha value is -1.28. The Morgan fingerprint density at radius 3 is 2.41 bits per heavy atom. The van der Waals surface area contributed by atoms with E-state index in [0.29, 0.717) is 5.82 Å². The first-order valence-electron chi connectivity index (χ1n) is 5.24. The van der Waals surface area contributed by atoms with Crippen LogP contribution in [0.4, 0.5) is 5.82 Å². The number of hydrogen-bond acceptors (Lipinski definition) is 7. The van der Waals surface area contributed by atoms with Crippen LogP contribution in [0.15, 0.2) is 18.6 Å². The topological polar surface area (TPSA) is 119 Å². The predicted octanol–water partition coefficient (Wildman–Crippen LogP) is -1.65. The van der Waals surface area contributed by atoms with Crippen LogP contribution in [0, 0.1) is 0 Å². The van der Waals surface area contributed by atoms with E-state index in [0.717, 1.165) is 0 Å². The van der Waals surface area contributed by atoms with Crippen LogP contribution in [0.25, 0.3) is 0 Å². The van der Waals surface area contributed by atoms with Gasteiger partial charge in [-0.3, -0.25) is 4.98 Å². The quantitative estimate of drug-likeness (QED) is 0.406. The molecule has 0 aliphatic heterocycles. The van der Waals surface area contributed by atoms with E-state index in [-0.39, 0.29) is 6.54 Å². The molecule has 7 heteroatoms. The van der Waals surface area contributed by atoms with Gasteiger partial charge in [-0.15, -0.1) is 0 Å². The Balaban J connectivity index is 2.41. The third-order valence-corrected chi connectivity index (χ3v) is 2.29. The standard InChI is InChI=1S/C10H17N3O4/c1-6(14)9(16)10(17)7(15)4-13-8-5-11-2-3-12-8/h2-3,5-7,9-10,14-17H,4H2,1H3,(H,12,13)/t6-,7-,9-,10-/m0/s1. The van der Waals surface area contributed by atoms with E-state index in [2.05, 4.69) is 15.3 Å². The minimum Gasteiger partial charge on any atom is -0.391 e. The van der Waals surface area contributed by atoms with Crippen molar-refractivity contribution < 1.29 is 20.4 Å². The molecular weight excluding hydrogens is 226 g/mol. The highest BCUT2D eigenvalue weighted by molar-refractivity contribution is 5.29. The van der Waals surface area contributed by atoms with Crippen LogP contribution in [0.2, 0.25) is 0 Å². The third-order valence-electron chi connectivity index (χ3n) is 2.29. The van der Waals surface area contributed by atoms with E-state index >= 15 is 0 Å². The van der Waals surface area contributed by atoms with Crippen LogP contribution in [0.3, 0.4) is 0 Å². The number of aliphatic hydroxyl groups excluding tert-OH is 4. The summed E-state index contributed by atoms with van der Waals surface area (Å²) >= 11 is 0. The number of rotatable bonds is 6. The highest BCUT2D eigenvalue weighted by Crippen LogP contribution is 2.06. The van der Waals surface area contributed by atoms with Crippen LogP contribution in [0.1, 0.15) is 6.92 Å². The summed E-state index contributed by atoms with van der Waals surface area (Å²) in [6.45, 7) is 1.32. The lowest BCUT2D eigenvalue weighted by atomic mass is 10.0. The van der Waals surface area contributed by atoms with E-state index in [1.54, 1.807) is 0 Å². The van der Waals surface area contributed by atoms with Crippen molar-refractivity contribution in [3.8, 4) is 0 Å². The maximum atomic E-state index is 9.57. The molecule has 0 aliphatic rings. The fraction of sp³-hybridized carbons (Fsp3) is 0.600. The fourth-order valence-electron chi connectivity index (χ4n) is 1.23. The fourth-order valence-corrected chi connectivity index (χ4v) is 1.23. The summed E-state index contributed by atoms with van der Waals surface area (Å²) in [5.74, 6) is 0.449. The normalized spacial score (nSPS) is 18.2. The van der Waals surface area contributed by atoms with Gasteiger partial charge in [0, 0.05) is 18.9 Å². The average Bonchev–Trinajstić information content (AvgIpc) is 2.35. The Labute approximate surface area is 98.8 Å². The van der Waals surface area contributed by atoms with Gasteiger partial charge in [0.1, 0.15) is 18.0 Å². The Morgan fingerprint density at radius 1 is 1.18 bits per heavy atom. The van der Waals surface area contributed by atoms with Gasteiger partial charge in [-0.2, -0.15) is 0 Å². The highest BCUT2D eigenvalue weighted by atomic mass is 16.4. The molecule has 0 amide bonds. The van der Waals surface area contributed by atoms with Gasteiger partial charge < -0.3 is 25.7 Å². The predicted molar refractivity (Wildman–Crippen MR) is 60.2 cm³/mol. The summed E-state index contributed by atoms with van der Waals surface area (Å²) in [6.07, 6.45) is -0.709. The molecule has 0 spiro atoms. The van der Waals surface area contributed by atoms with Gasteiger partial charge in [-0.1, -0.05) is 0 Å². The van der Waals surface area contributed by atoms with Crippen molar-refractivity contribution in [1.82, 2.24) is 9.97 Å². The van der Waals surface area contributed by atoms with E-state index in [1.807, 2.05) is 0 Å². The van der Waals surface area contributed by atoms with Crippen molar-refractivity contribution >= 4 is 5.82 Å². The minimum absolute atomic E-state index is 0.0103. The lowest BCUT2D eigenvalue weighted by Crippen LogP contribution is -2.46. The first-order chi connectivity index (χ1) is 8.02. The summed E-state index contributed by atoms with van der Waals surface area (Å²) < 4.78 is 0. The first kappa shape index (κ1) is 13.8. The molecule has 96 valence electrons. The van der Waals surface area contributed by atoms with E-state index in [4.69, 9.17) is 5.11 Å². The molecule has 1 rings (SSSR count). The molecule has 0 saturated carbocycles. The third kappa shape index (κ3) is 4.23. The van der Waals surface area contributed by atoms with Gasteiger partial charge in [-0.25, -0.2) is 4.98 Å². The van der Waals surface area contributed by atoms with E-state index < -0.39 is 24.4 Å². The summed E-state index contributed by atoms with van der Waals surface area (Å²) in [5, 5.41) is 40.2. The van der Waals surface area contributed by atoms with Crippen molar-refractivity contribution in [2.45, 2.75) is 31.3 Å². The number of aromatic nitrogens is 2. The molecule has 1 aromatic rings. The second-order valence-electron chi connectivity index (χ2n) is 3.76. The van der Waals surface area contributed by atoms with Gasteiger partial charge in [0.25, 0.3) is 0 Å². The molecule has 4 atom stereocenters. The molecule has 5 N–H and O–H groups in total. The first-order valence-corrected chi connectivity index (χ1v) is 5.24. The molecule has 0 bridgehead atoms. The largest absolute Gasteiger partial charge is 0.391 e. The number of nitrogens with zero attached hydrogens (tertiary/aromatic N) is 2. The van der Waals surface area contributed by atoms with Crippen LogP contribution < -0.4 is 5.32 Å². The zero-order chi connectivity index (χ0) is 12.8. The van der Waals surface area contributed by atoms with E-state index in [1.165, 1.54) is 25.5 Å². The average molecular weight is 243 g/mol. The molecule has 0 saturated heterocycles. The molecule has 0 aliphatic carbocycles. The second kappa shape index (κ2) is 6.45. The van der Waals surface area contributed by atoms with Gasteiger partial charge in [-0.05, 0) is 6.92 Å². The maximum Gasteiger partial charge on any atom is 0.144 e. The smallest absolute Gasteiger partial charge is 0.144 e. The Morgan fingerprint density at radius 2 is 1.88 bits per heavy atom. The molecule has 1 aromatic heterocycles. The maximum absolute atomic E-state index is 9.57.